The first-order chi connectivity index (χ1) is 8.71. The van der Waals surface area contributed by atoms with E-state index in [2.05, 4.69) is 25.1 Å². The zero-order valence-electron chi connectivity index (χ0n) is 11.2. The molecule has 2 aliphatic rings. The van der Waals surface area contributed by atoms with Gasteiger partial charge in [-0.3, -0.25) is 0 Å². The number of rotatable bonds is 3. The van der Waals surface area contributed by atoms with Gasteiger partial charge in [-0.2, -0.15) is 0 Å². The second-order valence-electron chi connectivity index (χ2n) is 6.17. The highest BCUT2D eigenvalue weighted by Gasteiger charge is 2.37. The van der Waals surface area contributed by atoms with E-state index in [1.165, 1.54) is 36.8 Å². The van der Waals surface area contributed by atoms with Gasteiger partial charge in [-0.1, -0.05) is 30.5 Å². The summed E-state index contributed by atoms with van der Waals surface area (Å²) < 4.78 is 6.10. The molecule has 3 rings (SSSR count). The Bertz CT molecular complexity index is 435. The van der Waals surface area contributed by atoms with Crippen LogP contribution in [-0.2, 0) is 6.42 Å². The SMILES string of the molecule is Cc1ccc2c(c1)CC(CC1(CN)CCCC1)O2. The Labute approximate surface area is 110 Å². The summed E-state index contributed by atoms with van der Waals surface area (Å²) in [5.74, 6) is 1.09. The summed E-state index contributed by atoms with van der Waals surface area (Å²) in [4.78, 5) is 0. The van der Waals surface area contributed by atoms with Crippen molar-refractivity contribution in [3.63, 3.8) is 0 Å². The molecular formula is C16H23NO. The molecule has 2 N–H and O–H groups in total. The lowest BCUT2D eigenvalue weighted by molar-refractivity contribution is 0.141. The highest BCUT2D eigenvalue weighted by molar-refractivity contribution is 5.40. The van der Waals surface area contributed by atoms with Gasteiger partial charge < -0.3 is 10.5 Å². The van der Waals surface area contributed by atoms with Gasteiger partial charge >= 0.3 is 0 Å². The lowest BCUT2D eigenvalue weighted by Crippen LogP contribution is -2.33. The molecule has 0 bridgehead atoms. The number of aryl methyl sites for hydroxylation is 1. The molecule has 2 nitrogen and oxygen atoms in total. The highest BCUT2D eigenvalue weighted by Crippen LogP contribution is 2.43. The Morgan fingerprint density at radius 3 is 2.83 bits per heavy atom. The number of hydrogen-bond donors (Lipinski definition) is 1. The molecule has 1 aliphatic heterocycles. The second kappa shape index (κ2) is 4.58. The summed E-state index contributed by atoms with van der Waals surface area (Å²) in [6.07, 6.45) is 7.82. The van der Waals surface area contributed by atoms with Crippen molar-refractivity contribution in [3.05, 3.63) is 29.3 Å². The van der Waals surface area contributed by atoms with Crippen LogP contribution in [0.4, 0.5) is 0 Å². The van der Waals surface area contributed by atoms with Crippen LogP contribution >= 0.6 is 0 Å². The minimum Gasteiger partial charge on any atom is -0.490 e. The van der Waals surface area contributed by atoms with Gasteiger partial charge in [0, 0.05) is 6.42 Å². The molecule has 1 atom stereocenters. The standard InChI is InChI=1S/C16H23NO/c1-12-4-5-15-13(8-12)9-14(18-15)10-16(11-17)6-2-3-7-16/h4-5,8,14H,2-3,6-7,9-11,17H2,1H3. The molecule has 1 saturated carbocycles. The van der Waals surface area contributed by atoms with Crippen LogP contribution in [0.2, 0.25) is 0 Å². The van der Waals surface area contributed by atoms with Gasteiger partial charge in [0.25, 0.3) is 0 Å². The third-order valence-corrected chi connectivity index (χ3v) is 4.72. The van der Waals surface area contributed by atoms with Gasteiger partial charge in [0.2, 0.25) is 0 Å². The van der Waals surface area contributed by atoms with Crippen molar-refractivity contribution in [2.75, 3.05) is 6.54 Å². The highest BCUT2D eigenvalue weighted by atomic mass is 16.5. The van der Waals surface area contributed by atoms with Crippen LogP contribution in [0, 0.1) is 12.3 Å². The number of ether oxygens (including phenoxy) is 1. The Morgan fingerprint density at radius 1 is 1.33 bits per heavy atom. The Balaban J connectivity index is 1.70. The molecule has 0 saturated heterocycles. The van der Waals surface area contributed by atoms with Gasteiger partial charge in [0.05, 0.1) is 0 Å². The molecule has 0 amide bonds. The van der Waals surface area contributed by atoms with E-state index in [0.717, 1.165) is 25.1 Å². The van der Waals surface area contributed by atoms with E-state index in [4.69, 9.17) is 10.5 Å². The average Bonchev–Trinajstić information content (AvgIpc) is 2.96. The number of nitrogens with two attached hydrogens (primary N) is 1. The summed E-state index contributed by atoms with van der Waals surface area (Å²) in [5.41, 5.74) is 9.09. The molecule has 0 aromatic heterocycles. The van der Waals surface area contributed by atoms with Crippen LogP contribution in [0.1, 0.15) is 43.2 Å². The number of hydrogen-bond acceptors (Lipinski definition) is 2. The van der Waals surface area contributed by atoms with Crippen LogP contribution in [0.15, 0.2) is 18.2 Å². The zero-order chi connectivity index (χ0) is 12.6. The lowest BCUT2D eigenvalue weighted by atomic mass is 9.80. The minimum atomic E-state index is 0.350. The van der Waals surface area contributed by atoms with Crippen molar-refractivity contribution in [1.82, 2.24) is 0 Å². The molecule has 1 fully saturated rings. The van der Waals surface area contributed by atoms with Crippen molar-refractivity contribution >= 4 is 0 Å². The Kier molecular flexibility index (Phi) is 3.06. The zero-order valence-corrected chi connectivity index (χ0v) is 11.2. The maximum absolute atomic E-state index is 6.10. The largest absolute Gasteiger partial charge is 0.490 e. The fourth-order valence-electron chi connectivity index (χ4n) is 3.66. The minimum absolute atomic E-state index is 0.350. The molecule has 98 valence electrons. The molecule has 1 aliphatic carbocycles. The van der Waals surface area contributed by atoms with E-state index in [0.29, 0.717) is 11.5 Å². The topological polar surface area (TPSA) is 35.2 Å². The first-order valence-electron chi connectivity index (χ1n) is 7.17. The van der Waals surface area contributed by atoms with E-state index in [9.17, 15) is 0 Å². The van der Waals surface area contributed by atoms with Crippen molar-refractivity contribution in [2.45, 2.75) is 51.6 Å². The maximum atomic E-state index is 6.10. The first kappa shape index (κ1) is 12.0. The molecule has 0 radical (unpaired) electrons. The molecular weight excluding hydrogens is 222 g/mol. The van der Waals surface area contributed by atoms with Crippen LogP contribution < -0.4 is 10.5 Å². The summed E-state index contributed by atoms with van der Waals surface area (Å²) >= 11 is 0. The molecule has 18 heavy (non-hydrogen) atoms. The van der Waals surface area contributed by atoms with Gasteiger partial charge in [-0.15, -0.1) is 0 Å². The third kappa shape index (κ3) is 2.14. The molecule has 2 heteroatoms. The van der Waals surface area contributed by atoms with E-state index in [-0.39, 0.29) is 0 Å². The molecule has 1 aromatic rings. The van der Waals surface area contributed by atoms with Crippen molar-refractivity contribution < 1.29 is 4.74 Å². The fraction of sp³-hybridized carbons (Fsp3) is 0.625. The van der Waals surface area contributed by atoms with Gasteiger partial charge in [-0.25, -0.2) is 0 Å². The van der Waals surface area contributed by atoms with Gasteiger partial charge in [0.1, 0.15) is 11.9 Å². The average molecular weight is 245 g/mol. The van der Waals surface area contributed by atoms with Crippen molar-refractivity contribution in [3.8, 4) is 5.75 Å². The molecule has 1 heterocycles. The fourth-order valence-corrected chi connectivity index (χ4v) is 3.66. The van der Waals surface area contributed by atoms with Crippen LogP contribution in [0.25, 0.3) is 0 Å². The maximum Gasteiger partial charge on any atom is 0.123 e. The van der Waals surface area contributed by atoms with Crippen LogP contribution in [-0.4, -0.2) is 12.6 Å². The van der Waals surface area contributed by atoms with Gasteiger partial charge in [0.15, 0.2) is 0 Å². The molecule has 0 spiro atoms. The predicted octanol–water partition coefficient (Wildman–Crippen LogP) is 3.21. The summed E-state index contributed by atoms with van der Waals surface area (Å²) in [6.45, 7) is 2.97. The summed E-state index contributed by atoms with van der Waals surface area (Å²) in [7, 11) is 0. The van der Waals surface area contributed by atoms with Crippen molar-refractivity contribution in [2.24, 2.45) is 11.1 Å². The summed E-state index contributed by atoms with van der Waals surface area (Å²) in [5, 5.41) is 0. The Morgan fingerprint density at radius 2 is 2.11 bits per heavy atom. The van der Waals surface area contributed by atoms with Crippen LogP contribution in [0.3, 0.4) is 0 Å². The van der Waals surface area contributed by atoms with Gasteiger partial charge in [-0.05, 0) is 49.8 Å². The molecule has 1 aromatic carbocycles. The first-order valence-corrected chi connectivity index (χ1v) is 7.17. The lowest BCUT2D eigenvalue weighted by Gasteiger charge is -2.29. The Hall–Kier alpha value is -1.02. The van der Waals surface area contributed by atoms with E-state index >= 15 is 0 Å². The number of fused-ring (bicyclic) bond motifs is 1. The smallest absolute Gasteiger partial charge is 0.123 e. The third-order valence-electron chi connectivity index (χ3n) is 4.72. The molecule has 1 unspecified atom stereocenters. The summed E-state index contributed by atoms with van der Waals surface area (Å²) in [6, 6.07) is 6.52. The monoisotopic (exact) mass is 245 g/mol. The van der Waals surface area contributed by atoms with Crippen LogP contribution in [0.5, 0.6) is 5.75 Å². The van der Waals surface area contributed by atoms with E-state index in [1.807, 2.05) is 0 Å². The van der Waals surface area contributed by atoms with E-state index < -0.39 is 0 Å². The second-order valence-corrected chi connectivity index (χ2v) is 6.17. The number of benzene rings is 1. The van der Waals surface area contributed by atoms with E-state index in [1.54, 1.807) is 0 Å². The predicted molar refractivity (Wildman–Crippen MR) is 73.9 cm³/mol. The van der Waals surface area contributed by atoms with Crippen molar-refractivity contribution in [1.29, 1.82) is 0 Å². The quantitative estimate of drug-likeness (QED) is 0.887. The normalized spacial score (nSPS) is 24.9.